The van der Waals surface area contributed by atoms with Gasteiger partial charge < -0.3 is 20.7 Å². The lowest BCUT2D eigenvalue weighted by Gasteiger charge is -2.26. The van der Waals surface area contributed by atoms with Crippen molar-refractivity contribution in [2.75, 3.05) is 36.1 Å². The summed E-state index contributed by atoms with van der Waals surface area (Å²) >= 11 is 6.14. The van der Waals surface area contributed by atoms with Crippen LogP contribution in [-0.2, 0) is 4.74 Å². The van der Waals surface area contributed by atoms with Gasteiger partial charge in [-0.3, -0.25) is 4.98 Å². The zero-order valence-electron chi connectivity index (χ0n) is 12.8. The molecule has 0 aromatic carbocycles. The molecule has 3 N–H and O–H groups in total. The van der Waals surface area contributed by atoms with Crippen LogP contribution >= 0.6 is 11.6 Å². The standard InChI is InChI=1S/C15H19ClN6O/c1-23-11-4-10(6-19-13-2-3-18-7-12(13)16)22(8-11)15-5-14(17)20-9-21-15/h2-3,5,7,9-11H,4,6,8H2,1H3,(H,18,19)(H2,17,20,21)/t10-,11-/m1/s1. The highest BCUT2D eigenvalue weighted by molar-refractivity contribution is 6.33. The third-order valence-corrected chi connectivity index (χ3v) is 4.28. The smallest absolute Gasteiger partial charge is 0.134 e. The van der Waals surface area contributed by atoms with Crippen LogP contribution < -0.4 is 16.0 Å². The summed E-state index contributed by atoms with van der Waals surface area (Å²) in [6.45, 7) is 1.48. The van der Waals surface area contributed by atoms with Gasteiger partial charge >= 0.3 is 0 Å². The summed E-state index contributed by atoms with van der Waals surface area (Å²) in [6.07, 6.45) is 5.87. The molecule has 0 radical (unpaired) electrons. The molecule has 23 heavy (non-hydrogen) atoms. The van der Waals surface area contributed by atoms with Gasteiger partial charge in [-0.25, -0.2) is 9.97 Å². The van der Waals surface area contributed by atoms with Gasteiger partial charge in [0.15, 0.2) is 0 Å². The van der Waals surface area contributed by atoms with Crippen LogP contribution in [0, 0.1) is 0 Å². The Kier molecular flexibility index (Phi) is 4.78. The van der Waals surface area contributed by atoms with Crippen LogP contribution in [0.3, 0.4) is 0 Å². The molecule has 3 heterocycles. The Balaban J connectivity index is 1.74. The molecule has 0 spiro atoms. The molecule has 0 aliphatic carbocycles. The molecule has 7 nitrogen and oxygen atoms in total. The first kappa shape index (κ1) is 15.8. The van der Waals surface area contributed by atoms with E-state index in [9.17, 15) is 0 Å². The summed E-state index contributed by atoms with van der Waals surface area (Å²) in [5, 5.41) is 3.97. The van der Waals surface area contributed by atoms with Crippen LogP contribution in [0.25, 0.3) is 0 Å². The second-order valence-corrected chi connectivity index (χ2v) is 5.84. The van der Waals surface area contributed by atoms with Gasteiger partial charge in [-0.05, 0) is 12.5 Å². The van der Waals surface area contributed by atoms with Gasteiger partial charge in [-0.15, -0.1) is 0 Å². The highest BCUT2D eigenvalue weighted by atomic mass is 35.5. The van der Waals surface area contributed by atoms with Crippen LogP contribution in [-0.4, -0.2) is 47.3 Å². The van der Waals surface area contributed by atoms with E-state index < -0.39 is 0 Å². The molecule has 3 rings (SSSR count). The molecule has 8 heteroatoms. The van der Waals surface area contributed by atoms with Gasteiger partial charge in [-0.2, -0.15) is 0 Å². The van der Waals surface area contributed by atoms with Crippen molar-refractivity contribution < 1.29 is 4.74 Å². The summed E-state index contributed by atoms with van der Waals surface area (Å²) in [4.78, 5) is 14.5. The van der Waals surface area contributed by atoms with Crippen molar-refractivity contribution in [3.05, 3.63) is 35.9 Å². The number of halogens is 1. The zero-order valence-corrected chi connectivity index (χ0v) is 13.6. The third-order valence-electron chi connectivity index (χ3n) is 3.98. The number of nitrogens with two attached hydrogens (primary N) is 1. The second-order valence-electron chi connectivity index (χ2n) is 5.44. The molecule has 2 atom stereocenters. The summed E-state index contributed by atoms with van der Waals surface area (Å²) in [5.74, 6) is 1.27. The number of hydrogen-bond acceptors (Lipinski definition) is 7. The fourth-order valence-electron chi connectivity index (χ4n) is 2.78. The van der Waals surface area contributed by atoms with Gasteiger partial charge in [0.2, 0.25) is 0 Å². The first-order chi connectivity index (χ1) is 11.2. The molecule has 2 aromatic rings. The Hall–Kier alpha value is -2.12. The number of nitrogens with one attached hydrogen (secondary N) is 1. The molecule has 0 saturated carbocycles. The minimum Gasteiger partial charge on any atom is -0.384 e. The van der Waals surface area contributed by atoms with Crippen LogP contribution in [0.4, 0.5) is 17.3 Å². The number of hydrogen-bond donors (Lipinski definition) is 2. The van der Waals surface area contributed by atoms with E-state index in [4.69, 9.17) is 22.1 Å². The SMILES string of the molecule is CO[C@@H]1C[C@H](CNc2ccncc2Cl)N(c2cc(N)ncn2)C1. The maximum atomic E-state index is 6.14. The Morgan fingerprint density at radius 2 is 2.35 bits per heavy atom. The molecular weight excluding hydrogens is 316 g/mol. The van der Waals surface area contributed by atoms with Crippen LogP contribution in [0.5, 0.6) is 0 Å². The number of aromatic nitrogens is 3. The monoisotopic (exact) mass is 334 g/mol. The van der Waals surface area contributed by atoms with Crippen molar-refractivity contribution >= 4 is 28.9 Å². The minimum atomic E-state index is 0.158. The molecular formula is C15H19ClN6O. The van der Waals surface area contributed by atoms with E-state index in [1.807, 2.05) is 6.07 Å². The number of rotatable bonds is 5. The average Bonchev–Trinajstić information content (AvgIpc) is 2.97. The number of methoxy groups -OCH3 is 1. The van der Waals surface area contributed by atoms with E-state index >= 15 is 0 Å². The third kappa shape index (κ3) is 3.62. The maximum absolute atomic E-state index is 6.14. The first-order valence-electron chi connectivity index (χ1n) is 7.37. The van der Waals surface area contributed by atoms with E-state index in [0.29, 0.717) is 17.4 Å². The number of nitrogens with zero attached hydrogens (tertiary/aromatic N) is 4. The van der Waals surface area contributed by atoms with Crippen LogP contribution in [0.1, 0.15) is 6.42 Å². The topological polar surface area (TPSA) is 89.2 Å². The number of anilines is 3. The zero-order chi connectivity index (χ0) is 16.2. The van der Waals surface area contributed by atoms with Crippen LogP contribution in [0.2, 0.25) is 5.02 Å². The summed E-state index contributed by atoms with van der Waals surface area (Å²) in [7, 11) is 1.73. The lowest BCUT2D eigenvalue weighted by Crippen LogP contribution is -2.35. The van der Waals surface area contributed by atoms with E-state index in [1.165, 1.54) is 6.33 Å². The molecule has 0 bridgehead atoms. The highest BCUT2D eigenvalue weighted by Gasteiger charge is 2.33. The lowest BCUT2D eigenvalue weighted by atomic mass is 10.2. The van der Waals surface area contributed by atoms with Gasteiger partial charge in [-0.1, -0.05) is 11.6 Å². The summed E-state index contributed by atoms with van der Waals surface area (Å²) in [5.41, 5.74) is 6.64. The first-order valence-corrected chi connectivity index (χ1v) is 7.75. The van der Waals surface area contributed by atoms with Crippen LogP contribution in [0.15, 0.2) is 30.9 Å². The summed E-state index contributed by atoms with van der Waals surface area (Å²) in [6, 6.07) is 3.86. The Labute approximate surface area is 139 Å². The predicted octanol–water partition coefficient (Wildman–Crippen LogP) is 1.81. The summed E-state index contributed by atoms with van der Waals surface area (Å²) < 4.78 is 5.52. The van der Waals surface area contributed by atoms with Crippen molar-refractivity contribution in [2.24, 2.45) is 0 Å². The molecule has 1 aliphatic heterocycles. The van der Waals surface area contributed by atoms with Crippen molar-refractivity contribution in [3.63, 3.8) is 0 Å². The molecule has 0 unspecified atom stereocenters. The normalized spacial score (nSPS) is 20.7. The maximum Gasteiger partial charge on any atom is 0.134 e. The molecule has 2 aromatic heterocycles. The van der Waals surface area contributed by atoms with Crippen molar-refractivity contribution in [3.8, 4) is 0 Å². The molecule has 0 amide bonds. The average molecular weight is 335 g/mol. The number of pyridine rings is 1. The Bertz CT molecular complexity index is 670. The van der Waals surface area contributed by atoms with Gasteiger partial charge in [0.1, 0.15) is 18.0 Å². The Morgan fingerprint density at radius 1 is 1.48 bits per heavy atom. The van der Waals surface area contributed by atoms with E-state index in [1.54, 1.807) is 25.6 Å². The largest absolute Gasteiger partial charge is 0.384 e. The molecule has 122 valence electrons. The van der Waals surface area contributed by atoms with E-state index in [0.717, 1.165) is 24.5 Å². The predicted molar refractivity (Wildman–Crippen MR) is 90.7 cm³/mol. The fraction of sp³-hybridized carbons (Fsp3) is 0.400. The molecule has 1 fully saturated rings. The molecule has 1 aliphatic rings. The van der Waals surface area contributed by atoms with Gasteiger partial charge in [0.25, 0.3) is 0 Å². The van der Waals surface area contributed by atoms with Crippen molar-refractivity contribution in [1.82, 2.24) is 15.0 Å². The Morgan fingerprint density at radius 3 is 3.09 bits per heavy atom. The fourth-order valence-corrected chi connectivity index (χ4v) is 2.97. The van der Waals surface area contributed by atoms with Crippen molar-refractivity contribution in [1.29, 1.82) is 0 Å². The quantitative estimate of drug-likeness (QED) is 0.861. The van der Waals surface area contributed by atoms with Gasteiger partial charge in [0, 0.05) is 38.7 Å². The van der Waals surface area contributed by atoms with E-state index in [2.05, 4.69) is 25.2 Å². The number of ether oxygens (including phenoxy) is 1. The van der Waals surface area contributed by atoms with Gasteiger partial charge in [0.05, 0.1) is 22.9 Å². The number of nitrogen functional groups attached to an aromatic ring is 1. The highest BCUT2D eigenvalue weighted by Crippen LogP contribution is 2.27. The van der Waals surface area contributed by atoms with Crippen molar-refractivity contribution in [2.45, 2.75) is 18.6 Å². The minimum absolute atomic E-state index is 0.158. The lowest BCUT2D eigenvalue weighted by molar-refractivity contribution is 0.118. The van der Waals surface area contributed by atoms with E-state index in [-0.39, 0.29) is 12.1 Å². The molecule has 1 saturated heterocycles. The second kappa shape index (κ2) is 6.97.